The fourth-order valence-electron chi connectivity index (χ4n) is 3.49. The maximum atomic E-state index is 13.0. The molecule has 118 valence electrons. The molecule has 1 aliphatic rings. The third-order valence-electron chi connectivity index (χ3n) is 4.73. The maximum absolute atomic E-state index is 13.0. The van der Waals surface area contributed by atoms with Gasteiger partial charge in [0, 0.05) is 11.4 Å². The van der Waals surface area contributed by atoms with E-state index in [1.165, 1.54) is 28.8 Å². The monoisotopic (exact) mass is 324 g/mol. The van der Waals surface area contributed by atoms with Crippen molar-refractivity contribution in [1.29, 1.82) is 0 Å². The number of fused-ring (bicyclic) bond motifs is 3. The molecule has 0 N–H and O–H groups in total. The summed E-state index contributed by atoms with van der Waals surface area (Å²) in [5, 5.41) is 0.892. The summed E-state index contributed by atoms with van der Waals surface area (Å²) in [4.78, 5) is 20.1. The summed E-state index contributed by atoms with van der Waals surface area (Å²) in [5.41, 5.74) is 2.69. The van der Waals surface area contributed by atoms with E-state index in [-0.39, 0.29) is 5.56 Å². The molecule has 0 unspecified atom stereocenters. The van der Waals surface area contributed by atoms with E-state index >= 15 is 0 Å². The average Bonchev–Trinajstić information content (AvgIpc) is 2.93. The van der Waals surface area contributed by atoms with Crippen LogP contribution in [0.4, 0.5) is 0 Å². The lowest BCUT2D eigenvalue weighted by atomic mass is 9.97. The van der Waals surface area contributed by atoms with E-state index in [1.54, 1.807) is 11.3 Å². The van der Waals surface area contributed by atoms with Crippen molar-refractivity contribution < 1.29 is 0 Å². The lowest BCUT2D eigenvalue weighted by molar-refractivity contribution is 0.637. The summed E-state index contributed by atoms with van der Waals surface area (Å²) in [6, 6.07) is 10.3. The molecule has 23 heavy (non-hydrogen) atoms. The summed E-state index contributed by atoms with van der Waals surface area (Å²) in [6.45, 7) is 2.65. The molecule has 0 atom stereocenters. The van der Waals surface area contributed by atoms with Crippen molar-refractivity contribution in [2.24, 2.45) is 0 Å². The zero-order valence-electron chi connectivity index (χ0n) is 13.3. The van der Waals surface area contributed by atoms with Gasteiger partial charge in [0.05, 0.1) is 5.39 Å². The van der Waals surface area contributed by atoms with Crippen molar-refractivity contribution in [2.45, 2.75) is 45.6 Å². The smallest absolute Gasteiger partial charge is 0.262 e. The molecule has 2 heterocycles. The van der Waals surface area contributed by atoms with E-state index in [0.717, 1.165) is 35.3 Å². The first-order chi connectivity index (χ1) is 11.2. The van der Waals surface area contributed by atoms with Gasteiger partial charge in [-0.1, -0.05) is 30.3 Å². The van der Waals surface area contributed by atoms with Gasteiger partial charge in [-0.05, 0) is 50.2 Å². The standard InChI is InChI=1S/C19H20N2OS/c1-13-20-18-17(15-9-5-6-10-16(15)23-18)19(22)21(13)12-11-14-7-3-2-4-8-14/h2-4,7-8H,5-6,9-12H2,1H3. The lowest BCUT2D eigenvalue weighted by Crippen LogP contribution is -2.25. The van der Waals surface area contributed by atoms with Crippen LogP contribution < -0.4 is 5.56 Å². The Morgan fingerprint density at radius 3 is 2.78 bits per heavy atom. The highest BCUT2D eigenvalue weighted by molar-refractivity contribution is 7.18. The topological polar surface area (TPSA) is 34.9 Å². The molecule has 0 radical (unpaired) electrons. The number of hydrogen-bond donors (Lipinski definition) is 0. The minimum absolute atomic E-state index is 0.155. The first kappa shape index (κ1) is 14.6. The van der Waals surface area contributed by atoms with Crippen molar-refractivity contribution in [3.8, 4) is 0 Å². The highest BCUT2D eigenvalue weighted by Gasteiger charge is 2.20. The molecule has 4 heteroatoms. The quantitative estimate of drug-likeness (QED) is 0.732. The number of hydrogen-bond acceptors (Lipinski definition) is 3. The van der Waals surface area contributed by atoms with Crippen molar-refractivity contribution in [2.75, 3.05) is 0 Å². The molecule has 0 spiro atoms. The third-order valence-corrected chi connectivity index (χ3v) is 5.92. The zero-order chi connectivity index (χ0) is 15.8. The fourth-order valence-corrected chi connectivity index (χ4v) is 4.79. The summed E-state index contributed by atoms with van der Waals surface area (Å²) >= 11 is 1.73. The van der Waals surface area contributed by atoms with E-state index in [2.05, 4.69) is 12.1 Å². The highest BCUT2D eigenvalue weighted by atomic mass is 32.1. The Balaban J connectivity index is 1.76. The Labute approximate surface area is 139 Å². The molecular weight excluding hydrogens is 304 g/mol. The number of benzene rings is 1. The van der Waals surface area contributed by atoms with Crippen molar-refractivity contribution in [3.05, 3.63) is 62.5 Å². The highest BCUT2D eigenvalue weighted by Crippen LogP contribution is 2.33. The van der Waals surface area contributed by atoms with Crippen LogP contribution in [0.25, 0.3) is 10.2 Å². The molecule has 2 aromatic heterocycles. The van der Waals surface area contributed by atoms with E-state index in [9.17, 15) is 4.79 Å². The summed E-state index contributed by atoms with van der Waals surface area (Å²) < 4.78 is 1.86. The van der Waals surface area contributed by atoms with Gasteiger partial charge in [-0.2, -0.15) is 0 Å². The second kappa shape index (κ2) is 5.93. The van der Waals surface area contributed by atoms with Crippen molar-refractivity contribution in [3.63, 3.8) is 0 Å². The number of aryl methyl sites for hydroxylation is 4. The molecule has 4 rings (SSSR count). The van der Waals surface area contributed by atoms with Gasteiger partial charge in [-0.25, -0.2) is 4.98 Å². The number of rotatable bonds is 3. The van der Waals surface area contributed by atoms with Crippen LogP contribution >= 0.6 is 11.3 Å². The van der Waals surface area contributed by atoms with E-state index in [1.807, 2.05) is 29.7 Å². The predicted molar refractivity (Wildman–Crippen MR) is 95.4 cm³/mol. The minimum atomic E-state index is 0.155. The predicted octanol–water partition coefficient (Wildman–Crippen LogP) is 3.89. The third kappa shape index (κ3) is 2.61. The number of aromatic nitrogens is 2. The minimum Gasteiger partial charge on any atom is -0.296 e. The summed E-state index contributed by atoms with van der Waals surface area (Å²) in [7, 11) is 0. The second-order valence-electron chi connectivity index (χ2n) is 6.24. The molecule has 1 aliphatic carbocycles. The number of nitrogens with zero attached hydrogens (tertiary/aromatic N) is 2. The van der Waals surface area contributed by atoms with Crippen LogP contribution in [0.1, 0.15) is 34.7 Å². The molecule has 3 nitrogen and oxygen atoms in total. The van der Waals surface area contributed by atoms with E-state index in [4.69, 9.17) is 4.98 Å². The molecule has 3 aromatic rings. The fraction of sp³-hybridized carbons (Fsp3) is 0.368. The second-order valence-corrected chi connectivity index (χ2v) is 7.33. The molecule has 0 amide bonds. The van der Waals surface area contributed by atoms with Crippen LogP contribution in [-0.2, 0) is 25.8 Å². The van der Waals surface area contributed by atoms with Crippen LogP contribution in [0, 0.1) is 6.92 Å². The van der Waals surface area contributed by atoms with Crippen LogP contribution in [0.15, 0.2) is 35.1 Å². The lowest BCUT2D eigenvalue weighted by Gasteiger charge is -2.12. The molecule has 0 saturated heterocycles. The maximum Gasteiger partial charge on any atom is 0.262 e. The van der Waals surface area contributed by atoms with Crippen LogP contribution in [0.2, 0.25) is 0 Å². The van der Waals surface area contributed by atoms with Gasteiger partial charge in [-0.3, -0.25) is 9.36 Å². The Kier molecular flexibility index (Phi) is 3.77. The first-order valence-corrected chi connectivity index (χ1v) is 9.11. The molecule has 0 saturated carbocycles. The average molecular weight is 324 g/mol. The number of thiophene rings is 1. The van der Waals surface area contributed by atoms with Gasteiger partial charge >= 0.3 is 0 Å². The molecule has 0 aliphatic heterocycles. The van der Waals surface area contributed by atoms with Gasteiger partial charge in [0.1, 0.15) is 10.7 Å². The summed E-state index contributed by atoms with van der Waals surface area (Å²) in [6.07, 6.45) is 5.44. The van der Waals surface area contributed by atoms with Gasteiger partial charge in [-0.15, -0.1) is 11.3 Å². The van der Waals surface area contributed by atoms with Crippen LogP contribution in [-0.4, -0.2) is 9.55 Å². The van der Waals surface area contributed by atoms with Crippen molar-refractivity contribution >= 4 is 21.6 Å². The SMILES string of the molecule is Cc1nc2sc3c(c2c(=O)n1CCc1ccccc1)CCCC3. The van der Waals surface area contributed by atoms with Crippen molar-refractivity contribution in [1.82, 2.24) is 9.55 Å². The summed E-state index contributed by atoms with van der Waals surface area (Å²) in [5.74, 6) is 0.831. The van der Waals surface area contributed by atoms with E-state index < -0.39 is 0 Å². The molecule has 0 bridgehead atoms. The van der Waals surface area contributed by atoms with Gasteiger partial charge in [0.15, 0.2) is 0 Å². The first-order valence-electron chi connectivity index (χ1n) is 8.29. The van der Waals surface area contributed by atoms with Crippen LogP contribution in [0.5, 0.6) is 0 Å². The Bertz CT molecular complexity index is 909. The molecular formula is C19H20N2OS. The van der Waals surface area contributed by atoms with E-state index in [0.29, 0.717) is 6.54 Å². The zero-order valence-corrected chi connectivity index (χ0v) is 14.2. The van der Waals surface area contributed by atoms with Gasteiger partial charge in [0.25, 0.3) is 5.56 Å². The Hall–Kier alpha value is -1.94. The Morgan fingerprint density at radius 1 is 1.17 bits per heavy atom. The largest absolute Gasteiger partial charge is 0.296 e. The van der Waals surface area contributed by atoms with Gasteiger partial charge < -0.3 is 0 Å². The Morgan fingerprint density at radius 2 is 1.96 bits per heavy atom. The van der Waals surface area contributed by atoms with Gasteiger partial charge in [0.2, 0.25) is 0 Å². The molecule has 0 fully saturated rings. The van der Waals surface area contributed by atoms with Crippen LogP contribution in [0.3, 0.4) is 0 Å². The normalized spacial score (nSPS) is 14.1. The molecule has 1 aromatic carbocycles.